The van der Waals surface area contributed by atoms with Crippen molar-refractivity contribution >= 4 is 47.5 Å². The molecule has 17 heteroatoms. The number of hydrogen-bond acceptors (Lipinski definition) is 13. The largest absolute Gasteiger partial charge is 0.482 e. The quantitative estimate of drug-likeness (QED) is 0.0630. The fourth-order valence-electron chi connectivity index (χ4n) is 6.27. The first-order valence-electron chi connectivity index (χ1n) is 20.1. The van der Waals surface area contributed by atoms with Crippen molar-refractivity contribution < 1.29 is 57.2 Å². The van der Waals surface area contributed by atoms with Crippen LogP contribution in [0.3, 0.4) is 0 Å². The number of urea groups is 1. The van der Waals surface area contributed by atoms with Gasteiger partial charge >= 0.3 is 23.9 Å². The summed E-state index contributed by atoms with van der Waals surface area (Å²) >= 11 is 1.84. The van der Waals surface area contributed by atoms with E-state index in [1.807, 2.05) is 11.8 Å². The van der Waals surface area contributed by atoms with E-state index in [-0.39, 0.29) is 59.9 Å². The molecule has 0 bridgehead atoms. The highest BCUT2D eigenvalue weighted by molar-refractivity contribution is 8.00. The van der Waals surface area contributed by atoms with Gasteiger partial charge in [-0.1, -0.05) is 6.42 Å². The van der Waals surface area contributed by atoms with E-state index in [1.165, 1.54) is 12.1 Å². The summed E-state index contributed by atoms with van der Waals surface area (Å²) in [7, 11) is 0. The van der Waals surface area contributed by atoms with Gasteiger partial charge in [0, 0.05) is 42.1 Å². The van der Waals surface area contributed by atoms with Crippen LogP contribution < -0.4 is 35.5 Å². The smallest absolute Gasteiger partial charge is 0.344 e. The van der Waals surface area contributed by atoms with Crippen molar-refractivity contribution in [3.63, 3.8) is 0 Å². The zero-order valence-corrected chi connectivity index (χ0v) is 36.9. The molecule has 0 saturated carbocycles. The Morgan fingerprint density at radius 2 is 1.13 bits per heavy atom. The lowest BCUT2D eigenvalue weighted by atomic mass is 10.0. The van der Waals surface area contributed by atoms with E-state index in [1.54, 1.807) is 86.6 Å². The van der Waals surface area contributed by atoms with Crippen LogP contribution in [0.25, 0.3) is 11.1 Å². The molecular weight excluding hydrogens is 797 g/mol. The molecule has 2 saturated heterocycles. The molecule has 60 heavy (non-hydrogen) atoms. The summed E-state index contributed by atoms with van der Waals surface area (Å²) < 4.78 is 33.6. The molecule has 0 aliphatic carbocycles. The van der Waals surface area contributed by atoms with Crippen LogP contribution in [-0.2, 0) is 33.4 Å². The Kier molecular flexibility index (Phi) is 16.5. The Labute approximate surface area is 356 Å². The summed E-state index contributed by atoms with van der Waals surface area (Å²) in [5.74, 6) is -0.974. The third-order valence-electron chi connectivity index (χ3n) is 8.53. The normalized spacial score (nSPS) is 17.4. The van der Waals surface area contributed by atoms with Crippen molar-refractivity contribution in [1.29, 1.82) is 0 Å². The van der Waals surface area contributed by atoms with E-state index in [4.69, 9.17) is 28.4 Å². The van der Waals surface area contributed by atoms with Crippen LogP contribution in [0, 0.1) is 0 Å². The van der Waals surface area contributed by atoms with Crippen molar-refractivity contribution in [2.45, 2.75) is 122 Å². The fourth-order valence-corrected chi connectivity index (χ4v) is 7.81. The average molecular weight is 857 g/mol. The van der Waals surface area contributed by atoms with Crippen molar-refractivity contribution in [1.82, 2.24) is 21.3 Å². The maximum atomic E-state index is 13.5. The molecule has 0 unspecified atom stereocenters. The molecule has 2 aromatic carbocycles. The van der Waals surface area contributed by atoms with Crippen molar-refractivity contribution in [2.24, 2.45) is 0 Å². The van der Waals surface area contributed by atoms with Crippen LogP contribution in [0.2, 0.25) is 0 Å². The first-order valence-corrected chi connectivity index (χ1v) is 21.1. The highest BCUT2D eigenvalue weighted by Crippen LogP contribution is 2.34. The van der Waals surface area contributed by atoms with Gasteiger partial charge in [-0.15, -0.1) is 0 Å². The summed E-state index contributed by atoms with van der Waals surface area (Å²) in [5.41, 5.74) is -1.14. The Morgan fingerprint density at radius 1 is 0.650 bits per heavy atom. The Bertz CT molecular complexity index is 1820. The minimum absolute atomic E-state index is 0.118. The molecule has 2 aromatic rings. The van der Waals surface area contributed by atoms with E-state index in [0.29, 0.717) is 29.2 Å². The van der Waals surface area contributed by atoms with Gasteiger partial charge in [0.15, 0.2) is 19.8 Å². The zero-order chi connectivity index (χ0) is 44.3. The number of benzene rings is 2. The number of fused-ring (bicyclic) bond motifs is 1. The molecule has 4 N–H and O–H groups in total. The lowest BCUT2D eigenvalue weighted by molar-refractivity contribution is -0.158. The third-order valence-corrected chi connectivity index (χ3v) is 10.0. The van der Waals surface area contributed by atoms with Gasteiger partial charge in [0.2, 0.25) is 5.91 Å². The van der Waals surface area contributed by atoms with Crippen LogP contribution in [0.15, 0.2) is 36.4 Å². The van der Waals surface area contributed by atoms with Crippen LogP contribution in [0.4, 0.5) is 4.79 Å². The Balaban J connectivity index is 1.45. The van der Waals surface area contributed by atoms with Crippen LogP contribution in [-0.4, -0.2) is 109 Å². The van der Waals surface area contributed by atoms with Crippen LogP contribution in [0.5, 0.6) is 17.2 Å². The fraction of sp³-hybridized carbons (Fsp3) is 0.581. The number of unbranched alkanes of at least 4 members (excludes halogenated alkanes) is 1. The van der Waals surface area contributed by atoms with Gasteiger partial charge in [0.25, 0.3) is 5.91 Å². The van der Waals surface area contributed by atoms with Gasteiger partial charge in [-0.3, -0.25) is 9.59 Å². The predicted molar refractivity (Wildman–Crippen MR) is 225 cm³/mol. The number of carbonyl (C=O) groups excluding carboxylic acids is 6. The number of carbonyl (C=O) groups is 6. The molecule has 0 spiro atoms. The second-order valence-electron chi connectivity index (χ2n) is 17.5. The number of amides is 4. The van der Waals surface area contributed by atoms with Crippen molar-refractivity contribution in [3.8, 4) is 28.4 Å². The molecule has 4 amide bonds. The predicted octanol–water partition coefficient (Wildman–Crippen LogP) is 5.09. The molecule has 16 nitrogen and oxygen atoms in total. The minimum atomic E-state index is -0.746. The average Bonchev–Trinajstić information content (AvgIpc) is 3.69. The van der Waals surface area contributed by atoms with Gasteiger partial charge in [-0.05, 0) is 117 Å². The van der Waals surface area contributed by atoms with Gasteiger partial charge in [-0.25, -0.2) is 19.2 Å². The highest BCUT2D eigenvalue weighted by atomic mass is 32.2. The van der Waals surface area contributed by atoms with Gasteiger partial charge in [0.05, 0.1) is 12.1 Å². The summed E-state index contributed by atoms with van der Waals surface area (Å²) in [6.45, 7) is 14.7. The maximum Gasteiger partial charge on any atom is 0.344 e. The molecule has 4 rings (SSSR count). The number of hydrogen-bond donors (Lipinski definition) is 4. The first-order chi connectivity index (χ1) is 28.0. The molecule has 0 radical (unpaired) electrons. The number of nitrogens with one attached hydrogen (secondary N) is 4. The Morgan fingerprint density at radius 3 is 1.65 bits per heavy atom. The SMILES string of the molecule is CC(C)(C)OC(=O)COc1cc(OCC(=O)OC(C)(C)C)cc(-c2cc(OCC(=O)OC(C)(C)C)cc(C(=O)NCCNC(=O)CCCC[C@@H]3SC[C@@H]4NC(=O)N[C@@H]43)c2)c1. The van der Waals surface area contributed by atoms with E-state index in [2.05, 4.69) is 21.3 Å². The highest BCUT2D eigenvalue weighted by Gasteiger charge is 2.42. The van der Waals surface area contributed by atoms with E-state index in [0.717, 1.165) is 18.6 Å². The Hall–Kier alpha value is -5.19. The maximum absolute atomic E-state index is 13.5. The van der Waals surface area contributed by atoms with Gasteiger partial charge in [-0.2, -0.15) is 11.8 Å². The van der Waals surface area contributed by atoms with Gasteiger partial charge in [0.1, 0.15) is 34.1 Å². The van der Waals surface area contributed by atoms with Crippen LogP contribution in [0.1, 0.15) is 98.4 Å². The van der Waals surface area contributed by atoms with E-state index >= 15 is 0 Å². The standard InChI is InChI=1S/C43H60N4O12S/c1-41(2,3)57-35(49)22-54-29-17-26(27-18-30(55-23-36(50)58-42(4,5)6)21-31(19-27)56-24-37(51)59-43(7,8)9)16-28(20-29)39(52)45-15-14-44-34(48)13-11-10-12-33-38-32(25-60-33)46-40(53)47-38/h16-21,32-33,38H,10-15,22-25H2,1-9H3,(H,44,48)(H,45,52)(H2,46,47,53)/t32-,33-,38-/m0/s1. The lowest BCUT2D eigenvalue weighted by Crippen LogP contribution is -2.36. The van der Waals surface area contributed by atoms with Crippen molar-refractivity contribution in [3.05, 3.63) is 42.0 Å². The number of rotatable bonds is 19. The molecular formula is C43H60N4O12S. The lowest BCUT2D eigenvalue weighted by Gasteiger charge is -2.20. The molecule has 2 fully saturated rings. The monoisotopic (exact) mass is 856 g/mol. The molecule has 3 atom stereocenters. The first kappa shape index (κ1) is 47.5. The van der Waals surface area contributed by atoms with Crippen LogP contribution >= 0.6 is 11.8 Å². The number of esters is 3. The number of thioether (sulfide) groups is 1. The molecule has 330 valence electrons. The summed E-state index contributed by atoms with van der Waals surface area (Å²) in [6.07, 6.45) is 2.80. The molecule has 2 aliphatic heterocycles. The van der Waals surface area contributed by atoms with E-state index < -0.39 is 60.4 Å². The van der Waals surface area contributed by atoms with E-state index in [9.17, 15) is 28.8 Å². The molecule has 2 aliphatic rings. The second-order valence-corrected chi connectivity index (χ2v) is 18.8. The molecule has 0 aromatic heterocycles. The summed E-state index contributed by atoms with van der Waals surface area (Å²) in [6, 6.07) is 9.58. The van der Waals surface area contributed by atoms with Gasteiger partial charge < -0.3 is 49.7 Å². The third kappa shape index (κ3) is 16.8. The summed E-state index contributed by atoms with van der Waals surface area (Å²) in [5, 5.41) is 11.9. The zero-order valence-electron chi connectivity index (χ0n) is 36.1. The topological polar surface area (TPSA) is 206 Å². The van der Waals surface area contributed by atoms with Crippen molar-refractivity contribution in [2.75, 3.05) is 38.7 Å². The second kappa shape index (κ2) is 20.9. The minimum Gasteiger partial charge on any atom is -0.482 e. The summed E-state index contributed by atoms with van der Waals surface area (Å²) in [4.78, 5) is 75.3. The number of ether oxygens (including phenoxy) is 6. The molecule has 2 heterocycles.